The van der Waals surface area contributed by atoms with Gasteiger partial charge in [0.1, 0.15) is 5.75 Å². The molecule has 1 N–H and O–H groups in total. The molecule has 0 aromatic heterocycles. The Balaban J connectivity index is 2.45. The van der Waals surface area contributed by atoms with Gasteiger partial charge in [-0.2, -0.15) is 0 Å². The normalized spacial score (nSPS) is 12.7. The molecule has 0 saturated heterocycles. The third-order valence-electron chi connectivity index (χ3n) is 4.03. The number of methoxy groups -OCH3 is 1. The SMILES string of the molecule is COc1ccc(C(CCN(C)C)NS(=O)(=O)c2ccccc2)c([N+](=O)[O-])c1. The lowest BCUT2D eigenvalue weighted by atomic mass is 10.0. The summed E-state index contributed by atoms with van der Waals surface area (Å²) in [6, 6.07) is 11.6. The molecule has 0 fully saturated rings. The molecule has 9 heteroatoms. The van der Waals surface area contributed by atoms with Crippen LogP contribution in [0.25, 0.3) is 0 Å². The summed E-state index contributed by atoms with van der Waals surface area (Å²) in [4.78, 5) is 13.0. The van der Waals surface area contributed by atoms with Gasteiger partial charge in [-0.1, -0.05) is 18.2 Å². The van der Waals surface area contributed by atoms with Crippen LogP contribution in [0.15, 0.2) is 53.4 Å². The van der Waals surface area contributed by atoms with Gasteiger partial charge in [-0.25, -0.2) is 13.1 Å². The highest BCUT2D eigenvalue weighted by molar-refractivity contribution is 7.89. The van der Waals surface area contributed by atoms with Crippen LogP contribution < -0.4 is 9.46 Å². The fraction of sp³-hybridized carbons (Fsp3) is 0.333. The van der Waals surface area contributed by atoms with Crippen LogP contribution >= 0.6 is 0 Å². The quantitative estimate of drug-likeness (QED) is 0.519. The zero-order chi connectivity index (χ0) is 20.0. The van der Waals surface area contributed by atoms with Gasteiger partial charge < -0.3 is 9.64 Å². The summed E-state index contributed by atoms with van der Waals surface area (Å²) in [6.07, 6.45) is 0.367. The van der Waals surface area contributed by atoms with Gasteiger partial charge in [0.05, 0.1) is 29.0 Å². The Morgan fingerprint density at radius 3 is 2.41 bits per heavy atom. The van der Waals surface area contributed by atoms with Crippen molar-refractivity contribution in [2.24, 2.45) is 0 Å². The summed E-state index contributed by atoms with van der Waals surface area (Å²) in [7, 11) is 1.29. The first kappa shape index (κ1) is 20.8. The van der Waals surface area contributed by atoms with E-state index in [0.29, 0.717) is 24.3 Å². The predicted molar refractivity (Wildman–Crippen MR) is 102 cm³/mol. The van der Waals surface area contributed by atoms with Crippen LogP contribution in [0.3, 0.4) is 0 Å². The molecular formula is C18H23N3O5S. The number of ether oxygens (including phenoxy) is 1. The molecule has 0 saturated carbocycles. The molecule has 2 aromatic rings. The molecule has 0 bridgehead atoms. The Morgan fingerprint density at radius 1 is 1.19 bits per heavy atom. The van der Waals surface area contributed by atoms with Gasteiger partial charge in [0.15, 0.2) is 0 Å². The van der Waals surface area contributed by atoms with Crippen molar-refractivity contribution in [3.8, 4) is 5.75 Å². The van der Waals surface area contributed by atoms with Crippen LogP contribution in [0.5, 0.6) is 5.75 Å². The lowest BCUT2D eigenvalue weighted by molar-refractivity contribution is -0.385. The van der Waals surface area contributed by atoms with Crippen LogP contribution in [0, 0.1) is 10.1 Å². The molecular weight excluding hydrogens is 370 g/mol. The maximum atomic E-state index is 12.7. The van der Waals surface area contributed by atoms with Crippen molar-refractivity contribution >= 4 is 15.7 Å². The van der Waals surface area contributed by atoms with E-state index in [1.807, 2.05) is 19.0 Å². The second kappa shape index (κ2) is 8.94. The number of benzene rings is 2. The second-order valence-electron chi connectivity index (χ2n) is 6.26. The number of nitro benzene ring substituents is 1. The summed E-state index contributed by atoms with van der Waals surface area (Å²) in [5.74, 6) is 0.336. The summed E-state index contributed by atoms with van der Waals surface area (Å²) < 4.78 is 33.2. The van der Waals surface area contributed by atoms with Crippen LogP contribution in [0.4, 0.5) is 5.69 Å². The van der Waals surface area contributed by atoms with Gasteiger partial charge in [-0.3, -0.25) is 10.1 Å². The van der Waals surface area contributed by atoms with Gasteiger partial charge >= 0.3 is 0 Å². The summed E-state index contributed by atoms with van der Waals surface area (Å²) in [5, 5.41) is 11.5. The van der Waals surface area contributed by atoms with Gasteiger partial charge in [0.2, 0.25) is 10.0 Å². The van der Waals surface area contributed by atoms with Crippen molar-refractivity contribution in [1.29, 1.82) is 0 Å². The number of nitro groups is 1. The molecule has 0 aliphatic heterocycles. The minimum atomic E-state index is -3.84. The minimum absolute atomic E-state index is 0.107. The second-order valence-corrected chi connectivity index (χ2v) is 7.97. The van der Waals surface area contributed by atoms with Crippen molar-refractivity contribution < 1.29 is 18.1 Å². The average molecular weight is 393 g/mol. The van der Waals surface area contributed by atoms with Gasteiger partial charge in [0.25, 0.3) is 5.69 Å². The first-order valence-electron chi connectivity index (χ1n) is 8.29. The average Bonchev–Trinajstić information content (AvgIpc) is 2.65. The van der Waals surface area contributed by atoms with Crippen molar-refractivity contribution in [2.45, 2.75) is 17.4 Å². The van der Waals surface area contributed by atoms with Gasteiger partial charge in [-0.15, -0.1) is 0 Å². The fourth-order valence-electron chi connectivity index (χ4n) is 2.62. The lowest BCUT2D eigenvalue weighted by Crippen LogP contribution is -2.31. The number of hydrogen-bond acceptors (Lipinski definition) is 6. The first-order valence-corrected chi connectivity index (χ1v) is 9.77. The highest BCUT2D eigenvalue weighted by Gasteiger charge is 2.27. The summed E-state index contributed by atoms with van der Waals surface area (Å²) in [5.41, 5.74) is 0.107. The molecule has 0 spiro atoms. The Morgan fingerprint density at radius 2 is 1.85 bits per heavy atom. The monoisotopic (exact) mass is 393 g/mol. The number of hydrogen-bond donors (Lipinski definition) is 1. The van der Waals surface area contributed by atoms with E-state index in [9.17, 15) is 18.5 Å². The highest BCUT2D eigenvalue weighted by Crippen LogP contribution is 2.32. The molecule has 1 atom stereocenters. The highest BCUT2D eigenvalue weighted by atomic mass is 32.2. The molecule has 2 aromatic carbocycles. The molecule has 2 rings (SSSR count). The van der Waals surface area contributed by atoms with Crippen LogP contribution in [-0.2, 0) is 10.0 Å². The van der Waals surface area contributed by atoms with E-state index in [1.165, 1.54) is 31.4 Å². The standard InChI is InChI=1S/C18H23N3O5S/c1-20(2)12-11-17(19-27(24,25)15-7-5-4-6-8-15)16-10-9-14(26-3)13-18(16)21(22)23/h4-10,13,17,19H,11-12H2,1-3H3. The van der Waals surface area contributed by atoms with E-state index in [-0.39, 0.29) is 10.6 Å². The third-order valence-corrected chi connectivity index (χ3v) is 5.51. The number of sulfonamides is 1. The topological polar surface area (TPSA) is 102 Å². The van der Waals surface area contributed by atoms with E-state index >= 15 is 0 Å². The van der Waals surface area contributed by atoms with Crippen LogP contribution in [0.1, 0.15) is 18.0 Å². The predicted octanol–water partition coefficient (Wildman–Crippen LogP) is 2.57. The first-order chi connectivity index (χ1) is 12.7. The van der Waals surface area contributed by atoms with Crippen molar-refractivity contribution in [3.05, 3.63) is 64.2 Å². The summed E-state index contributed by atoms with van der Waals surface area (Å²) in [6.45, 7) is 0.547. The van der Waals surface area contributed by atoms with Gasteiger partial charge in [-0.05, 0) is 51.3 Å². The van der Waals surface area contributed by atoms with E-state index in [2.05, 4.69) is 4.72 Å². The molecule has 27 heavy (non-hydrogen) atoms. The largest absolute Gasteiger partial charge is 0.497 e. The molecule has 0 heterocycles. The molecule has 0 radical (unpaired) electrons. The van der Waals surface area contributed by atoms with Crippen molar-refractivity contribution in [1.82, 2.24) is 9.62 Å². The fourth-order valence-corrected chi connectivity index (χ4v) is 3.89. The summed E-state index contributed by atoms with van der Waals surface area (Å²) >= 11 is 0. The van der Waals surface area contributed by atoms with E-state index in [4.69, 9.17) is 4.74 Å². The van der Waals surface area contributed by atoms with E-state index in [0.717, 1.165) is 0 Å². The van der Waals surface area contributed by atoms with Crippen molar-refractivity contribution in [2.75, 3.05) is 27.7 Å². The molecule has 0 aliphatic rings. The third kappa shape index (κ3) is 5.49. The van der Waals surface area contributed by atoms with Crippen molar-refractivity contribution in [3.63, 3.8) is 0 Å². The number of nitrogens with zero attached hydrogens (tertiary/aromatic N) is 2. The van der Waals surface area contributed by atoms with Gasteiger partial charge in [0, 0.05) is 5.56 Å². The molecule has 0 aliphatic carbocycles. The molecule has 1 unspecified atom stereocenters. The number of nitrogens with one attached hydrogen (secondary N) is 1. The number of rotatable bonds is 9. The van der Waals surface area contributed by atoms with Crippen LogP contribution in [0.2, 0.25) is 0 Å². The Labute approximate surface area is 159 Å². The molecule has 0 amide bonds. The Bertz CT molecular complexity index is 885. The van der Waals surface area contributed by atoms with E-state index in [1.54, 1.807) is 24.3 Å². The molecule has 146 valence electrons. The zero-order valence-electron chi connectivity index (χ0n) is 15.5. The zero-order valence-corrected chi connectivity index (χ0v) is 16.3. The Kier molecular flexibility index (Phi) is 6.89. The molecule has 8 nitrogen and oxygen atoms in total. The lowest BCUT2D eigenvalue weighted by Gasteiger charge is -2.21. The smallest absolute Gasteiger partial charge is 0.277 e. The van der Waals surface area contributed by atoms with Crippen LogP contribution in [-0.4, -0.2) is 46.0 Å². The maximum absolute atomic E-state index is 12.7. The maximum Gasteiger partial charge on any atom is 0.277 e. The van der Waals surface area contributed by atoms with E-state index < -0.39 is 21.0 Å². The minimum Gasteiger partial charge on any atom is -0.497 e. The Hall–Kier alpha value is -2.49.